The van der Waals surface area contributed by atoms with E-state index in [1.54, 1.807) is 14.1 Å². The number of hydrogen-bond acceptors (Lipinski definition) is 4. The summed E-state index contributed by atoms with van der Waals surface area (Å²) in [5, 5.41) is 5.77. The molecule has 1 saturated carbocycles. The highest BCUT2D eigenvalue weighted by molar-refractivity contribution is 6.33. The highest BCUT2D eigenvalue weighted by Gasteiger charge is 2.29. The van der Waals surface area contributed by atoms with Gasteiger partial charge in [0.25, 0.3) is 11.8 Å². The van der Waals surface area contributed by atoms with Crippen molar-refractivity contribution in [2.24, 2.45) is 5.92 Å². The molecule has 160 valence electrons. The van der Waals surface area contributed by atoms with Gasteiger partial charge in [-0.05, 0) is 43.9 Å². The topological polar surface area (TPSA) is 107 Å². The van der Waals surface area contributed by atoms with Crippen molar-refractivity contribution in [3.63, 3.8) is 0 Å². The summed E-state index contributed by atoms with van der Waals surface area (Å²) in [5.74, 6) is -1.64. The van der Waals surface area contributed by atoms with Gasteiger partial charge in [-0.1, -0.05) is 11.6 Å². The normalized spacial score (nSPS) is 18.5. The summed E-state index contributed by atoms with van der Waals surface area (Å²) in [6, 6.07) is 3.69. The number of carbonyl (C=O) groups is 3. The first-order valence-electron chi connectivity index (χ1n) is 9.58. The number of halogens is 2. The van der Waals surface area contributed by atoms with E-state index in [0.717, 1.165) is 6.07 Å². The Labute approximate surface area is 178 Å². The number of imidazole rings is 1. The Kier molecular flexibility index (Phi) is 6.71. The fourth-order valence-electron chi connectivity index (χ4n) is 3.43. The quantitative estimate of drug-likeness (QED) is 0.671. The van der Waals surface area contributed by atoms with E-state index in [9.17, 15) is 18.8 Å². The Morgan fingerprint density at radius 2 is 1.90 bits per heavy atom. The second-order valence-corrected chi connectivity index (χ2v) is 7.87. The SMILES string of the molecule is CN(C)C(=O)c1[nH]cnc1C(=O)NC1CCC(C(=O)Nc2ccc(F)cc2Cl)CC1. The van der Waals surface area contributed by atoms with Crippen LogP contribution in [-0.4, -0.2) is 52.7 Å². The molecule has 2 aromatic rings. The molecule has 30 heavy (non-hydrogen) atoms. The first-order chi connectivity index (χ1) is 14.3. The van der Waals surface area contributed by atoms with Crippen molar-refractivity contribution in [3.8, 4) is 0 Å². The standard InChI is InChI=1S/C20H23ClFN5O3/c1-27(2)20(30)17-16(23-10-24-17)19(29)25-13-6-3-11(4-7-13)18(28)26-15-8-5-12(22)9-14(15)21/h5,8-11,13H,3-4,6-7H2,1-2H3,(H,23,24)(H,25,29)(H,26,28). The van der Waals surface area contributed by atoms with Crippen molar-refractivity contribution in [1.82, 2.24) is 20.2 Å². The molecular formula is C20H23ClFN5O3. The van der Waals surface area contributed by atoms with Crippen LogP contribution in [0.3, 0.4) is 0 Å². The van der Waals surface area contributed by atoms with E-state index in [1.165, 1.54) is 23.4 Å². The van der Waals surface area contributed by atoms with Crippen LogP contribution in [-0.2, 0) is 4.79 Å². The van der Waals surface area contributed by atoms with E-state index in [1.807, 2.05) is 0 Å². The zero-order valence-corrected chi connectivity index (χ0v) is 17.4. The molecule has 8 nitrogen and oxygen atoms in total. The zero-order valence-electron chi connectivity index (χ0n) is 16.7. The molecule has 3 rings (SSSR count). The minimum Gasteiger partial charge on any atom is -0.348 e. The number of benzene rings is 1. The minimum absolute atomic E-state index is 0.0551. The van der Waals surface area contributed by atoms with Crippen LogP contribution in [0.15, 0.2) is 24.5 Å². The van der Waals surface area contributed by atoms with Gasteiger partial charge in [0.1, 0.15) is 11.5 Å². The molecule has 1 aromatic carbocycles. The first-order valence-corrected chi connectivity index (χ1v) is 9.96. The van der Waals surface area contributed by atoms with Gasteiger partial charge in [0.2, 0.25) is 5.91 Å². The van der Waals surface area contributed by atoms with Crippen LogP contribution in [0.5, 0.6) is 0 Å². The number of nitrogens with zero attached hydrogens (tertiary/aromatic N) is 2. The van der Waals surface area contributed by atoms with Crippen LogP contribution < -0.4 is 10.6 Å². The number of carbonyl (C=O) groups excluding carboxylic acids is 3. The summed E-state index contributed by atoms with van der Waals surface area (Å²) in [7, 11) is 3.19. The second kappa shape index (κ2) is 9.25. The van der Waals surface area contributed by atoms with Gasteiger partial charge >= 0.3 is 0 Å². The summed E-state index contributed by atoms with van der Waals surface area (Å²) in [6.07, 6.45) is 3.71. The van der Waals surface area contributed by atoms with Gasteiger partial charge < -0.3 is 20.5 Å². The summed E-state index contributed by atoms with van der Waals surface area (Å²) < 4.78 is 13.1. The molecule has 1 heterocycles. The van der Waals surface area contributed by atoms with Crippen LogP contribution in [0.25, 0.3) is 0 Å². The maximum absolute atomic E-state index is 13.1. The van der Waals surface area contributed by atoms with E-state index < -0.39 is 11.7 Å². The molecule has 0 aliphatic heterocycles. The Hall–Kier alpha value is -2.94. The summed E-state index contributed by atoms with van der Waals surface area (Å²) >= 11 is 5.96. The van der Waals surface area contributed by atoms with Crippen LogP contribution in [0, 0.1) is 11.7 Å². The van der Waals surface area contributed by atoms with Gasteiger partial charge in [-0.15, -0.1) is 0 Å². The van der Waals surface area contributed by atoms with E-state index in [4.69, 9.17) is 11.6 Å². The maximum Gasteiger partial charge on any atom is 0.272 e. The molecule has 10 heteroatoms. The third-order valence-electron chi connectivity index (χ3n) is 5.10. The average molecular weight is 436 g/mol. The number of rotatable bonds is 5. The van der Waals surface area contributed by atoms with Crippen LogP contribution in [0.1, 0.15) is 46.7 Å². The smallest absolute Gasteiger partial charge is 0.272 e. The number of amides is 3. The molecule has 0 bridgehead atoms. The van der Waals surface area contributed by atoms with Crippen molar-refractivity contribution in [2.45, 2.75) is 31.7 Å². The van der Waals surface area contributed by atoms with Gasteiger partial charge in [-0.25, -0.2) is 9.37 Å². The zero-order chi connectivity index (χ0) is 21.8. The number of aromatic amines is 1. The van der Waals surface area contributed by atoms with E-state index in [2.05, 4.69) is 20.6 Å². The molecule has 1 aliphatic rings. The lowest BCUT2D eigenvalue weighted by atomic mass is 9.85. The molecule has 0 spiro atoms. The van der Waals surface area contributed by atoms with Gasteiger partial charge in [-0.2, -0.15) is 0 Å². The number of hydrogen-bond donors (Lipinski definition) is 3. The third-order valence-corrected chi connectivity index (χ3v) is 5.41. The van der Waals surface area contributed by atoms with Crippen molar-refractivity contribution >= 4 is 35.0 Å². The molecule has 0 atom stereocenters. The Morgan fingerprint density at radius 1 is 1.20 bits per heavy atom. The third kappa shape index (κ3) is 4.96. The Morgan fingerprint density at radius 3 is 2.53 bits per heavy atom. The summed E-state index contributed by atoms with van der Waals surface area (Å²) in [4.78, 5) is 45.2. The fourth-order valence-corrected chi connectivity index (χ4v) is 3.65. The number of anilines is 1. The van der Waals surface area contributed by atoms with Crippen LogP contribution in [0.2, 0.25) is 5.02 Å². The van der Waals surface area contributed by atoms with Gasteiger partial charge in [-0.3, -0.25) is 14.4 Å². The lowest BCUT2D eigenvalue weighted by Crippen LogP contribution is -2.40. The monoisotopic (exact) mass is 435 g/mol. The largest absolute Gasteiger partial charge is 0.348 e. The molecule has 0 saturated heterocycles. The predicted molar refractivity (Wildman–Crippen MR) is 110 cm³/mol. The maximum atomic E-state index is 13.1. The van der Waals surface area contributed by atoms with Crippen LogP contribution >= 0.6 is 11.6 Å². The molecule has 3 amide bonds. The lowest BCUT2D eigenvalue weighted by Gasteiger charge is -2.28. The van der Waals surface area contributed by atoms with Gasteiger partial charge in [0, 0.05) is 26.1 Å². The number of nitrogens with one attached hydrogen (secondary N) is 3. The van der Waals surface area contributed by atoms with Crippen LogP contribution in [0.4, 0.5) is 10.1 Å². The molecular weight excluding hydrogens is 413 g/mol. The van der Waals surface area contributed by atoms with Gasteiger partial charge in [0.15, 0.2) is 5.69 Å². The van der Waals surface area contributed by atoms with Crippen molar-refractivity contribution in [1.29, 1.82) is 0 Å². The fraction of sp³-hybridized carbons (Fsp3) is 0.400. The molecule has 1 aliphatic carbocycles. The van der Waals surface area contributed by atoms with Gasteiger partial charge in [0.05, 0.1) is 17.0 Å². The predicted octanol–water partition coefficient (Wildman–Crippen LogP) is 2.83. The van der Waals surface area contributed by atoms with E-state index in [0.29, 0.717) is 31.4 Å². The number of aromatic nitrogens is 2. The van der Waals surface area contributed by atoms with Crippen molar-refractivity contribution in [3.05, 3.63) is 46.8 Å². The molecule has 0 radical (unpaired) electrons. The Balaban J connectivity index is 1.53. The summed E-state index contributed by atoms with van der Waals surface area (Å²) in [5.41, 5.74) is 0.566. The second-order valence-electron chi connectivity index (χ2n) is 7.46. The number of H-pyrrole nitrogens is 1. The molecule has 1 fully saturated rings. The molecule has 0 unspecified atom stereocenters. The molecule has 1 aromatic heterocycles. The minimum atomic E-state index is -0.471. The summed E-state index contributed by atoms with van der Waals surface area (Å²) in [6.45, 7) is 0. The highest BCUT2D eigenvalue weighted by atomic mass is 35.5. The average Bonchev–Trinajstić information content (AvgIpc) is 3.19. The van der Waals surface area contributed by atoms with Crippen molar-refractivity contribution in [2.75, 3.05) is 19.4 Å². The Bertz CT molecular complexity index is 954. The first kappa shape index (κ1) is 21.8. The van der Waals surface area contributed by atoms with Crippen molar-refractivity contribution < 1.29 is 18.8 Å². The highest BCUT2D eigenvalue weighted by Crippen LogP contribution is 2.28. The van der Waals surface area contributed by atoms with E-state index in [-0.39, 0.29) is 40.2 Å². The lowest BCUT2D eigenvalue weighted by molar-refractivity contribution is -0.120. The van der Waals surface area contributed by atoms with E-state index >= 15 is 0 Å². The molecule has 3 N–H and O–H groups in total.